The Morgan fingerprint density at radius 1 is 1.07 bits per heavy atom. The van der Waals surface area contributed by atoms with Gasteiger partial charge in [-0.1, -0.05) is 72.3 Å². The molecule has 0 radical (unpaired) electrons. The van der Waals surface area contributed by atoms with E-state index in [0.717, 1.165) is 51.7 Å². The van der Waals surface area contributed by atoms with Crippen molar-refractivity contribution < 1.29 is 19.6 Å². The summed E-state index contributed by atoms with van der Waals surface area (Å²) in [6.07, 6.45) is 6.86. The second kappa shape index (κ2) is 12.6. The molecule has 1 aromatic heterocycles. The van der Waals surface area contributed by atoms with Crippen LogP contribution in [0.1, 0.15) is 72.7 Å². The van der Waals surface area contributed by atoms with Gasteiger partial charge >= 0.3 is 5.97 Å². The van der Waals surface area contributed by atoms with Crippen molar-refractivity contribution in [1.29, 1.82) is 0 Å². The molecule has 0 amide bonds. The Labute approximate surface area is 255 Å². The first-order valence-electron chi connectivity index (χ1n) is 14.3. The predicted octanol–water partition coefficient (Wildman–Crippen LogP) is 7.96. The molecule has 3 aromatic carbocycles. The number of aliphatic carboxylic acids is 1. The molecule has 0 spiro atoms. The molecular weight excluding hydrogens is 566 g/mol. The Morgan fingerprint density at radius 2 is 1.83 bits per heavy atom. The molecular formula is C35H36ClNO4S. The quantitative estimate of drug-likeness (QED) is 0.161. The number of rotatable bonds is 12. The average Bonchev–Trinajstić information content (AvgIpc) is 3.69. The first-order valence-corrected chi connectivity index (χ1v) is 16.0. The number of halogens is 1. The number of hydrogen-bond donors (Lipinski definition) is 2. The van der Waals surface area contributed by atoms with E-state index in [1.54, 1.807) is 13.8 Å². The van der Waals surface area contributed by atoms with E-state index < -0.39 is 22.7 Å². The highest BCUT2D eigenvalue weighted by Gasteiger charge is 2.49. The van der Waals surface area contributed by atoms with Gasteiger partial charge in [-0.2, -0.15) is 0 Å². The summed E-state index contributed by atoms with van der Waals surface area (Å²) in [5.41, 5.74) is 4.09. The number of carboxylic acid groups (broad SMARTS) is 1. The fraction of sp³-hybridized carbons (Fsp3) is 0.314. The van der Waals surface area contributed by atoms with Crippen molar-refractivity contribution in [2.45, 2.75) is 56.8 Å². The number of nitrogens with zero attached hydrogens (tertiary/aromatic N) is 1. The van der Waals surface area contributed by atoms with Crippen molar-refractivity contribution in [3.8, 4) is 0 Å². The summed E-state index contributed by atoms with van der Waals surface area (Å²) in [5.74, 6) is -0.461. The first kappa shape index (κ1) is 30.3. The van der Waals surface area contributed by atoms with Crippen LogP contribution in [0.4, 0.5) is 0 Å². The lowest BCUT2D eigenvalue weighted by Gasteiger charge is -2.27. The molecule has 7 heteroatoms. The van der Waals surface area contributed by atoms with E-state index in [-0.39, 0.29) is 17.1 Å². The molecule has 2 atom stereocenters. The molecule has 2 N–H and O–H groups in total. The van der Waals surface area contributed by atoms with Gasteiger partial charge in [0.2, 0.25) is 0 Å². The summed E-state index contributed by atoms with van der Waals surface area (Å²) in [5, 5.41) is 21.6. The lowest BCUT2D eigenvalue weighted by molar-refractivity contribution is -0.138. The minimum atomic E-state index is -1.27. The highest BCUT2D eigenvalue weighted by atomic mass is 35.5. The van der Waals surface area contributed by atoms with Crippen molar-refractivity contribution in [3.63, 3.8) is 0 Å². The Balaban J connectivity index is 1.41. The molecule has 4 aromatic rings. The van der Waals surface area contributed by atoms with Gasteiger partial charge in [-0.05, 0) is 91.3 Å². The third-order valence-electron chi connectivity index (χ3n) is 8.01. The Morgan fingerprint density at radius 3 is 2.57 bits per heavy atom. The van der Waals surface area contributed by atoms with Gasteiger partial charge < -0.3 is 14.8 Å². The number of benzene rings is 3. The van der Waals surface area contributed by atoms with Crippen LogP contribution >= 0.6 is 11.6 Å². The van der Waals surface area contributed by atoms with Gasteiger partial charge in [0, 0.05) is 27.8 Å². The lowest BCUT2D eigenvalue weighted by Crippen LogP contribution is -2.26. The van der Waals surface area contributed by atoms with Gasteiger partial charge in [0.25, 0.3) is 0 Å². The van der Waals surface area contributed by atoms with E-state index in [2.05, 4.69) is 6.07 Å². The van der Waals surface area contributed by atoms with Crippen LogP contribution in [0, 0.1) is 5.41 Å². The molecule has 1 heterocycles. The third-order valence-corrected chi connectivity index (χ3v) is 10.3. The molecule has 218 valence electrons. The largest absolute Gasteiger partial charge is 0.616 e. The summed E-state index contributed by atoms with van der Waals surface area (Å²) >= 11 is 4.88. The summed E-state index contributed by atoms with van der Waals surface area (Å²) in [6, 6.07) is 25.5. The maximum absolute atomic E-state index is 14.0. The summed E-state index contributed by atoms with van der Waals surface area (Å²) in [4.78, 5) is 16.2. The van der Waals surface area contributed by atoms with Crippen LogP contribution in [0.2, 0.25) is 5.02 Å². The molecule has 1 saturated carbocycles. The third kappa shape index (κ3) is 7.61. The molecule has 5 rings (SSSR count). The fourth-order valence-corrected chi connectivity index (χ4v) is 7.78. The summed E-state index contributed by atoms with van der Waals surface area (Å²) < 4.78 is 14.0. The smallest absolute Gasteiger partial charge is 0.304 e. The van der Waals surface area contributed by atoms with E-state index >= 15 is 0 Å². The Hall–Kier alpha value is -3.16. The zero-order valence-corrected chi connectivity index (χ0v) is 25.5. The normalized spacial score (nSPS) is 16.0. The summed E-state index contributed by atoms with van der Waals surface area (Å²) in [7, 11) is 0. The number of aliphatic hydroxyl groups is 1. The van der Waals surface area contributed by atoms with Gasteiger partial charge in [0.05, 0.1) is 23.2 Å². The number of aryl methyl sites for hydroxylation is 1. The molecule has 5 nitrogen and oxygen atoms in total. The van der Waals surface area contributed by atoms with Gasteiger partial charge in [-0.15, -0.1) is 0 Å². The number of carbonyl (C=O) groups is 1. The molecule has 0 bridgehead atoms. The van der Waals surface area contributed by atoms with Gasteiger partial charge in [-0.3, -0.25) is 4.79 Å². The van der Waals surface area contributed by atoms with Gasteiger partial charge in [0.15, 0.2) is 0 Å². The predicted molar refractivity (Wildman–Crippen MR) is 172 cm³/mol. The average molecular weight is 602 g/mol. The van der Waals surface area contributed by atoms with E-state index in [4.69, 9.17) is 16.6 Å². The van der Waals surface area contributed by atoms with E-state index in [1.807, 2.05) is 84.9 Å². The summed E-state index contributed by atoms with van der Waals surface area (Å²) in [6.45, 7) is 3.55. The zero-order valence-electron chi connectivity index (χ0n) is 23.9. The topological polar surface area (TPSA) is 93.5 Å². The molecule has 1 aliphatic carbocycles. The van der Waals surface area contributed by atoms with E-state index in [9.17, 15) is 19.6 Å². The Bertz CT molecular complexity index is 1610. The van der Waals surface area contributed by atoms with Crippen LogP contribution in [0.3, 0.4) is 0 Å². The van der Waals surface area contributed by atoms with E-state index in [1.165, 1.54) is 0 Å². The van der Waals surface area contributed by atoms with Crippen LogP contribution in [0.5, 0.6) is 0 Å². The molecule has 42 heavy (non-hydrogen) atoms. The zero-order chi connectivity index (χ0) is 29.9. The van der Waals surface area contributed by atoms with E-state index in [0.29, 0.717) is 23.6 Å². The van der Waals surface area contributed by atoms with Crippen molar-refractivity contribution in [3.05, 3.63) is 112 Å². The Kier molecular flexibility index (Phi) is 9.09. The van der Waals surface area contributed by atoms with Crippen LogP contribution < -0.4 is 0 Å². The van der Waals surface area contributed by atoms with Crippen molar-refractivity contribution in [2.24, 2.45) is 5.41 Å². The second-order valence-electron chi connectivity index (χ2n) is 11.9. The number of carboxylic acids is 1. The number of pyridine rings is 1. The van der Waals surface area contributed by atoms with Crippen LogP contribution in [-0.2, 0) is 28.0 Å². The number of hydrogen-bond acceptors (Lipinski definition) is 4. The monoisotopic (exact) mass is 601 g/mol. The number of fused-ring (bicyclic) bond motifs is 1. The SMILES string of the molecule is CC(C)(O)c1ccccc1CC[C@@H](c1cccc(/C=C/c2ccc3ccc(Cl)cc3n2)c1)[S+]([O-])CC1(CC(=O)O)CC1. The standard InChI is InChI=1S/C35H36ClNO4S/c1-34(2,40)30-9-4-3-7-25(30)13-17-32(42(41)23-35(18-19-35)22-33(38)39)27-8-5-6-24(20-27)10-15-29-16-12-26-11-14-28(36)21-31(26)37-29/h3-12,14-16,20-21,32,40H,13,17-19,22-23H2,1-2H3,(H,38,39)/b15-10+/t32-,42?/m0/s1. The lowest BCUT2D eigenvalue weighted by atomic mass is 9.90. The van der Waals surface area contributed by atoms with Crippen LogP contribution in [-0.4, -0.2) is 31.5 Å². The van der Waals surface area contributed by atoms with Gasteiger partial charge in [-0.25, -0.2) is 4.98 Å². The molecule has 1 unspecified atom stereocenters. The fourth-order valence-electron chi connectivity index (χ4n) is 5.59. The van der Waals surface area contributed by atoms with Crippen molar-refractivity contribution in [2.75, 3.05) is 5.75 Å². The van der Waals surface area contributed by atoms with Crippen molar-refractivity contribution in [1.82, 2.24) is 4.98 Å². The molecule has 0 saturated heterocycles. The second-order valence-corrected chi connectivity index (χ2v) is 14.0. The van der Waals surface area contributed by atoms with Crippen molar-refractivity contribution >= 4 is 51.8 Å². The maximum Gasteiger partial charge on any atom is 0.304 e. The molecule has 0 aliphatic heterocycles. The van der Waals surface area contributed by atoms with Gasteiger partial charge in [0.1, 0.15) is 11.0 Å². The maximum atomic E-state index is 14.0. The molecule has 1 fully saturated rings. The minimum absolute atomic E-state index is 0.0553. The minimum Gasteiger partial charge on any atom is -0.616 e. The number of aromatic nitrogens is 1. The highest BCUT2D eigenvalue weighted by molar-refractivity contribution is 7.91. The van der Waals surface area contributed by atoms with Crippen LogP contribution in [0.15, 0.2) is 78.9 Å². The molecule has 1 aliphatic rings. The van der Waals surface area contributed by atoms with Crippen LogP contribution in [0.25, 0.3) is 23.1 Å². The first-order chi connectivity index (χ1) is 20.0. The highest BCUT2D eigenvalue weighted by Crippen LogP contribution is 2.51.